The summed E-state index contributed by atoms with van der Waals surface area (Å²) in [4.78, 5) is 11.9. The summed E-state index contributed by atoms with van der Waals surface area (Å²) in [6.45, 7) is 15.0. The Balaban J connectivity index is 2.54. The molecule has 0 aromatic rings. The zero-order valence-electron chi connectivity index (χ0n) is 12.7. The summed E-state index contributed by atoms with van der Waals surface area (Å²) in [5, 5.41) is 5.96. The number of carbonyl (C=O) groups excluding carboxylic acids is 1. The van der Waals surface area contributed by atoms with Gasteiger partial charge in [0.15, 0.2) is 0 Å². The largest absolute Gasteiger partial charge is 0.446 e. The van der Waals surface area contributed by atoms with Gasteiger partial charge in [-0.3, -0.25) is 5.32 Å². The molecule has 1 aliphatic rings. The zero-order chi connectivity index (χ0) is 15.7. The van der Waals surface area contributed by atoms with E-state index in [2.05, 4.69) is 30.4 Å². The number of carbonyl (C=O) groups is 1. The van der Waals surface area contributed by atoms with Crippen LogP contribution in [0.5, 0.6) is 0 Å². The van der Waals surface area contributed by atoms with Crippen molar-refractivity contribution in [1.82, 2.24) is 10.6 Å². The molecule has 1 aliphatic heterocycles. The maximum Gasteiger partial charge on any atom is 0.411 e. The summed E-state index contributed by atoms with van der Waals surface area (Å²) < 4.78 is 5.40. The predicted octanol–water partition coefficient (Wildman–Crippen LogP) is 3.22. The van der Waals surface area contributed by atoms with Gasteiger partial charge in [-0.15, -0.1) is 0 Å². The number of piperidine rings is 1. The molecule has 4 heteroatoms. The molecule has 0 aromatic heterocycles. The van der Waals surface area contributed by atoms with E-state index in [0.717, 1.165) is 25.9 Å². The molecular formula is C17H24N2O2. The Labute approximate surface area is 126 Å². The van der Waals surface area contributed by atoms with Crippen molar-refractivity contribution in [3.05, 3.63) is 60.9 Å². The van der Waals surface area contributed by atoms with Gasteiger partial charge in [-0.2, -0.15) is 0 Å². The first kappa shape index (κ1) is 17.0. The highest BCUT2D eigenvalue weighted by atomic mass is 16.6. The molecule has 1 heterocycles. The lowest BCUT2D eigenvalue weighted by Crippen LogP contribution is -2.36. The van der Waals surface area contributed by atoms with Crippen LogP contribution in [0.3, 0.4) is 0 Å². The fraction of sp³-hybridized carbons (Fsp3) is 0.353. The van der Waals surface area contributed by atoms with Gasteiger partial charge in [0.2, 0.25) is 0 Å². The Morgan fingerprint density at radius 3 is 2.57 bits per heavy atom. The molecule has 0 aromatic carbocycles. The highest BCUT2D eigenvalue weighted by Crippen LogP contribution is 2.16. The molecule has 0 atom stereocenters. The molecule has 114 valence electrons. The first-order valence-electron chi connectivity index (χ1n) is 7.10. The highest BCUT2D eigenvalue weighted by Gasteiger charge is 2.18. The van der Waals surface area contributed by atoms with E-state index in [-0.39, 0.29) is 6.10 Å². The average molecular weight is 288 g/mol. The Hall–Kier alpha value is -2.07. The summed E-state index contributed by atoms with van der Waals surface area (Å²) >= 11 is 0. The molecule has 0 spiro atoms. The van der Waals surface area contributed by atoms with Crippen molar-refractivity contribution in [3.63, 3.8) is 0 Å². The van der Waals surface area contributed by atoms with Gasteiger partial charge in [-0.1, -0.05) is 44.0 Å². The number of amides is 1. The van der Waals surface area contributed by atoms with E-state index in [1.807, 2.05) is 6.92 Å². The molecule has 0 aliphatic carbocycles. The number of allylic oxidation sites excluding steroid dienone is 5. The Morgan fingerprint density at radius 2 is 2.00 bits per heavy atom. The van der Waals surface area contributed by atoms with Crippen LogP contribution in [-0.2, 0) is 4.74 Å². The van der Waals surface area contributed by atoms with Gasteiger partial charge in [-0.25, -0.2) is 4.79 Å². The van der Waals surface area contributed by atoms with Crippen LogP contribution >= 0.6 is 0 Å². The van der Waals surface area contributed by atoms with Crippen molar-refractivity contribution >= 4 is 6.09 Å². The van der Waals surface area contributed by atoms with Crippen LogP contribution in [0.15, 0.2) is 60.9 Å². The smallest absolute Gasteiger partial charge is 0.411 e. The van der Waals surface area contributed by atoms with Gasteiger partial charge in [0.25, 0.3) is 0 Å². The molecule has 4 nitrogen and oxygen atoms in total. The second-order valence-corrected chi connectivity index (χ2v) is 4.78. The van der Waals surface area contributed by atoms with E-state index in [9.17, 15) is 4.79 Å². The number of hydrogen-bond acceptors (Lipinski definition) is 3. The second-order valence-electron chi connectivity index (χ2n) is 4.78. The SMILES string of the molecule is C=C/C=C\C(=C)C(=C)/C(=C\C)NC(=O)OC1CCNCC1. The highest BCUT2D eigenvalue weighted by molar-refractivity contribution is 5.72. The molecule has 1 amide bonds. The molecule has 0 unspecified atom stereocenters. The molecule has 0 saturated carbocycles. The summed E-state index contributed by atoms with van der Waals surface area (Å²) in [6, 6.07) is 0. The molecule has 0 radical (unpaired) electrons. The molecular weight excluding hydrogens is 264 g/mol. The minimum Gasteiger partial charge on any atom is -0.446 e. The molecule has 1 fully saturated rings. The first-order chi connectivity index (χ1) is 10.1. The molecule has 21 heavy (non-hydrogen) atoms. The topological polar surface area (TPSA) is 50.4 Å². The van der Waals surface area contributed by atoms with E-state index in [1.54, 1.807) is 24.3 Å². The second kappa shape index (κ2) is 8.97. The predicted molar refractivity (Wildman–Crippen MR) is 86.9 cm³/mol. The van der Waals surface area contributed by atoms with Crippen molar-refractivity contribution in [2.24, 2.45) is 0 Å². The maximum absolute atomic E-state index is 11.9. The number of nitrogens with one attached hydrogen (secondary N) is 2. The minimum atomic E-state index is -0.448. The zero-order valence-corrected chi connectivity index (χ0v) is 12.7. The Bertz CT molecular complexity index is 469. The quantitative estimate of drug-likeness (QED) is 0.738. The summed E-state index contributed by atoms with van der Waals surface area (Å²) in [5.74, 6) is 0. The van der Waals surface area contributed by atoms with E-state index >= 15 is 0 Å². The van der Waals surface area contributed by atoms with Crippen LogP contribution in [0.25, 0.3) is 0 Å². The minimum absolute atomic E-state index is 0.0264. The number of hydrogen-bond donors (Lipinski definition) is 2. The van der Waals surface area contributed by atoms with Crippen molar-refractivity contribution in [2.75, 3.05) is 13.1 Å². The lowest BCUT2D eigenvalue weighted by atomic mass is 10.1. The van der Waals surface area contributed by atoms with Crippen molar-refractivity contribution in [1.29, 1.82) is 0 Å². The fourth-order valence-corrected chi connectivity index (χ4v) is 1.98. The van der Waals surface area contributed by atoms with Gasteiger partial charge in [0, 0.05) is 5.70 Å². The van der Waals surface area contributed by atoms with Gasteiger partial charge in [0.1, 0.15) is 6.10 Å². The molecule has 0 bridgehead atoms. The van der Waals surface area contributed by atoms with E-state index in [4.69, 9.17) is 4.74 Å². The van der Waals surface area contributed by atoms with Gasteiger partial charge in [-0.05, 0) is 44.0 Å². The lowest BCUT2D eigenvalue weighted by molar-refractivity contribution is 0.0816. The van der Waals surface area contributed by atoms with E-state index < -0.39 is 6.09 Å². The van der Waals surface area contributed by atoms with E-state index in [0.29, 0.717) is 16.8 Å². The van der Waals surface area contributed by atoms with Crippen LogP contribution in [0.2, 0.25) is 0 Å². The average Bonchev–Trinajstić information content (AvgIpc) is 2.50. The molecule has 2 N–H and O–H groups in total. The van der Waals surface area contributed by atoms with Crippen LogP contribution in [0.4, 0.5) is 4.79 Å². The summed E-state index contributed by atoms with van der Waals surface area (Å²) in [5.41, 5.74) is 1.97. The Morgan fingerprint density at radius 1 is 1.33 bits per heavy atom. The number of rotatable bonds is 6. The standard InChI is InChI=1S/C17H24N2O2/c1-5-7-8-13(3)14(4)16(6-2)19-17(20)21-15-9-11-18-12-10-15/h5-8,15,18H,1,3-4,9-12H2,2H3,(H,19,20)/b8-7-,16-6+. The lowest BCUT2D eigenvalue weighted by Gasteiger charge is -2.23. The normalized spacial score (nSPS) is 16.5. The number of alkyl carbamates (subject to hydrolysis) is 1. The summed E-state index contributed by atoms with van der Waals surface area (Å²) in [6.07, 6.45) is 8.21. The van der Waals surface area contributed by atoms with E-state index in [1.165, 1.54) is 0 Å². The van der Waals surface area contributed by atoms with Gasteiger partial charge >= 0.3 is 6.09 Å². The molecule has 1 rings (SSSR count). The van der Waals surface area contributed by atoms with Crippen LogP contribution < -0.4 is 10.6 Å². The van der Waals surface area contributed by atoms with Crippen LogP contribution in [-0.4, -0.2) is 25.3 Å². The van der Waals surface area contributed by atoms with Gasteiger partial charge < -0.3 is 10.1 Å². The van der Waals surface area contributed by atoms with Crippen LogP contribution in [0, 0.1) is 0 Å². The third kappa shape index (κ3) is 5.83. The van der Waals surface area contributed by atoms with Crippen molar-refractivity contribution in [2.45, 2.75) is 25.9 Å². The monoisotopic (exact) mass is 288 g/mol. The maximum atomic E-state index is 11.9. The third-order valence-corrected chi connectivity index (χ3v) is 3.23. The van der Waals surface area contributed by atoms with Gasteiger partial charge in [0.05, 0.1) is 0 Å². The first-order valence-corrected chi connectivity index (χ1v) is 7.10. The fourth-order valence-electron chi connectivity index (χ4n) is 1.98. The number of ether oxygens (including phenoxy) is 1. The molecule has 1 saturated heterocycles. The van der Waals surface area contributed by atoms with Crippen molar-refractivity contribution in [3.8, 4) is 0 Å². The Kier molecular flexibility index (Phi) is 7.26. The van der Waals surface area contributed by atoms with Crippen molar-refractivity contribution < 1.29 is 9.53 Å². The third-order valence-electron chi connectivity index (χ3n) is 3.23. The van der Waals surface area contributed by atoms with Crippen LogP contribution in [0.1, 0.15) is 19.8 Å². The summed E-state index contributed by atoms with van der Waals surface area (Å²) in [7, 11) is 0.